The minimum absolute atomic E-state index is 0.146. The van der Waals surface area contributed by atoms with Gasteiger partial charge in [0.05, 0.1) is 11.4 Å². The van der Waals surface area contributed by atoms with Crippen molar-refractivity contribution < 1.29 is 13.2 Å². The Labute approximate surface area is 200 Å². The van der Waals surface area contributed by atoms with Crippen molar-refractivity contribution in [3.8, 4) is 0 Å². The van der Waals surface area contributed by atoms with Crippen LogP contribution < -0.4 is 0 Å². The first-order valence-corrected chi connectivity index (χ1v) is 14.0. The van der Waals surface area contributed by atoms with E-state index in [-0.39, 0.29) is 25.2 Å². The minimum Gasteiger partial charge on any atom is -0.321 e. The van der Waals surface area contributed by atoms with Gasteiger partial charge in [0.15, 0.2) is 0 Å². The second-order valence-corrected chi connectivity index (χ2v) is 13.2. The number of thiophene rings is 1. The Morgan fingerprint density at radius 3 is 2.66 bits per heavy atom. The number of sulfonamides is 1. The molecule has 2 saturated heterocycles. The summed E-state index contributed by atoms with van der Waals surface area (Å²) >= 11 is 8.96. The molecule has 2 unspecified atom stereocenters. The van der Waals surface area contributed by atoms with Gasteiger partial charge in [-0.05, 0) is 44.0 Å². The largest absolute Gasteiger partial charge is 0.340 e. The van der Waals surface area contributed by atoms with Crippen molar-refractivity contribution in [3.63, 3.8) is 0 Å². The number of fused-ring (bicyclic) bond motifs is 2. The van der Waals surface area contributed by atoms with Gasteiger partial charge in [0.1, 0.15) is 9.25 Å². The maximum atomic E-state index is 13.2. The van der Waals surface area contributed by atoms with Crippen LogP contribution in [0.4, 0.5) is 4.79 Å². The van der Waals surface area contributed by atoms with E-state index < -0.39 is 10.0 Å². The number of piperazine rings is 1. The molecule has 8 nitrogen and oxygen atoms in total. The van der Waals surface area contributed by atoms with E-state index in [9.17, 15) is 13.2 Å². The number of hydrogen-bond donors (Lipinski definition) is 0. The van der Waals surface area contributed by atoms with Gasteiger partial charge in [-0.25, -0.2) is 18.2 Å². The van der Waals surface area contributed by atoms with Crippen molar-refractivity contribution in [2.45, 2.75) is 29.0 Å². The van der Waals surface area contributed by atoms with E-state index in [1.54, 1.807) is 39.9 Å². The quantitative estimate of drug-likeness (QED) is 0.615. The summed E-state index contributed by atoms with van der Waals surface area (Å²) in [6.45, 7) is 3.96. The first kappa shape index (κ1) is 22.4. The fourth-order valence-corrected chi connectivity index (χ4v) is 8.75. The zero-order valence-electron chi connectivity index (χ0n) is 17.8. The highest BCUT2D eigenvalue weighted by molar-refractivity contribution is 8.14. The minimum atomic E-state index is -3.61. The van der Waals surface area contributed by atoms with Gasteiger partial charge in [-0.3, -0.25) is 4.90 Å². The Bertz CT molecular complexity index is 1190. The topological polar surface area (TPSA) is 76.5 Å². The van der Waals surface area contributed by atoms with Crippen LogP contribution >= 0.6 is 34.7 Å². The summed E-state index contributed by atoms with van der Waals surface area (Å²) in [5.74, 6) is 0. The van der Waals surface area contributed by atoms with E-state index in [0.717, 1.165) is 21.6 Å². The summed E-state index contributed by atoms with van der Waals surface area (Å²) in [6, 6.07) is 7.20. The van der Waals surface area contributed by atoms with Gasteiger partial charge in [0.25, 0.3) is 10.0 Å². The molecule has 12 heteroatoms. The molecule has 0 radical (unpaired) electrons. The summed E-state index contributed by atoms with van der Waals surface area (Å²) in [4.78, 5) is 17.0. The highest BCUT2D eigenvalue weighted by Gasteiger charge is 2.39. The Kier molecular flexibility index (Phi) is 5.92. The van der Waals surface area contributed by atoms with E-state index >= 15 is 0 Å². The molecule has 2 aromatic rings. The third-order valence-electron chi connectivity index (χ3n) is 6.26. The smallest absolute Gasteiger partial charge is 0.321 e. The van der Waals surface area contributed by atoms with Gasteiger partial charge in [-0.1, -0.05) is 29.4 Å². The lowest BCUT2D eigenvalue weighted by molar-refractivity contribution is 0.128. The Morgan fingerprint density at radius 2 is 1.91 bits per heavy atom. The Morgan fingerprint density at radius 1 is 1.16 bits per heavy atom. The second kappa shape index (κ2) is 8.44. The molecule has 0 saturated carbocycles. The molecule has 0 bridgehead atoms. The standard InChI is InChI=1S/C20H24ClN5O3S3/c1-13-23(2)16-5-6-26(22-19(16)30-13)20(27)24-7-9-25(10-8-24)32(28,29)18-11-14-3-4-15(21)12-17(14)31-18/h3-4,11-13,16H,5-10H2,1-2H3. The molecular formula is C20H24ClN5O3S3. The zero-order valence-corrected chi connectivity index (χ0v) is 21.0. The molecule has 3 aliphatic heterocycles. The maximum absolute atomic E-state index is 13.2. The van der Waals surface area contributed by atoms with Crippen molar-refractivity contribution in [1.82, 2.24) is 19.1 Å². The number of thioether (sulfide) groups is 1. The molecule has 2 fully saturated rings. The Hall–Kier alpha value is -1.37. The monoisotopic (exact) mass is 513 g/mol. The van der Waals surface area contributed by atoms with Crippen LogP contribution in [-0.4, -0.2) is 89.8 Å². The van der Waals surface area contributed by atoms with E-state index in [0.29, 0.717) is 34.2 Å². The predicted octanol–water partition coefficient (Wildman–Crippen LogP) is 3.39. The number of hydrazone groups is 1. The molecular weight excluding hydrogens is 490 g/mol. The Balaban J connectivity index is 1.25. The van der Waals surface area contributed by atoms with E-state index in [1.807, 2.05) is 6.07 Å². The second-order valence-electron chi connectivity index (χ2n) is 8.17. The van der Waals surface area contributed by atoms with Gasteiger partial charge >= 0.3 is 6.03 Å². The van der Waals surface area contributed by atoms with Crippen LogP contribution in [0.25, 0.3) is 10.1 Å². The van der Waals surface area contributed by atoms with E-state index in [2.05, 4.69) is 24.0 Å². The first-order chi connectivity index (χ1) is 15.2. The maximum Gasteiger partial charge on any atom is 0.340 e. The molecule has 3 aliphatic rings. The summed E-state index contributed by atoms with van der Waals surface area (Å²) in [7, 11) is -1.52. The molecule has 2 amide bonds. The van der Waals surface area contributed by atoms with Crippen molar-refractivity contribution in [2.24, 2.45) is 5.10 Å². The van der Waals surface area contributed by atoms with Gasteiger partial charge < -0.3 is 4.90 Å². The van der Waals surface area contributed by atoms with Crippen molar-refractivity contribution >= 4 is 65.9 Å². The SMILES string of the molecule is CC1SC2=NN(C(=O)N3CCN(S(=O)(=O)c4cc5ccc(Cl)cc5s4)CC3)CCC2N1C. The number of halogens is 1. The molecule has 1 aromatic heterocycles. The molecule has 172 valence electrons. The number of amides is 2. The van der Waals surface area contributed by atoms with Crippen molar-refractivity contribution in [1.29, 1.82) is 0 Å². The summed E-state index contributed by atoms with van der Waals surface area (Å²) < 4.78 is 28.9. The van der Waals surface area contributed by atoms with E-state index in [1.165, 1.54) is 15.6 Å². The molecule has 0 aliphatic carbocycles. The molecule has 5 rings (SSSR count). The van der Waals surface area contributed by atoms with Crippen molar-refractivity contribution in [3.05, 3.63) is 29.3 Å². The summed E-state index contributed by atoms with van der Waals surface area (Å²) in [5, 5.41) is 8.94. The van der Waals surface area contributed by atoms with E-state index in [4.69, 9.17) is 11.6 Å². The fourth-order valence-electron chi connectivity index (χ4n) is 4.25. The first-order valence-electron chi connectivity index (χ1n) is 10.5. The van der Waals surface area contributed by atoms with Crippen LogP contribution in [0.2, 0.25) is 5.02 Å². The normalized spacial score (nSPS) is 25.3. The number of rotatable bonds is 2. The van der Waals surface area contributed by atoms with Crippen LogP contribution in [0, 0.1) is 0 Å². The molecule has 32 heavy (non-hydrogen) atoms. The highest BCUT2D eigenvalue weighted by Crippen LogP contribution is 2.35. The third-order valence-corrected chi connectivity index (χ3v) is 11.2. The average molecular weight is 514 g/mol. The lowest BCUT2D eigenvalue weighted by Gasteiger charge is -2.37. The number of urea groups is 1. The number of nitrogens with zero attached hydrogens (tertiary/aromatic N) is 5. The fraction of sp³-hybridized carbons (Fsp3) is 0.500. The molecule has 0 N–H and O–H groups in total. The molecule has 4 heterocycles. The van der Waals surface area contributed by atoms with Gasteiger partial charge in [-0.15, -0.1) is 11.3 Å². The number of hydrogen-bond acceptors (Lipinski definition) is 7. The van der Waals surface area contributed by atoms with Crippen LogP contribution in [0.1, 0.15) is 13.3 Å². The van der Waals surface area contributed by atoms with Gasteiger partial charge in [-0.2, -0.15) is 9.41 Å². The number of benzene rings is 1. The van der Waals surface area contributed by atoms with Gasteiger partial charge in [0, 0.05) is 42.4 Å². The van der Waals surface area contributed by atoms with Crippen LogP contribution in [0.5, 0.6) is 0 Å². The molecule has 1 aromatic carbocycles. The van der Waals surface area contributed by atoms with Crippen LogP contribution in [0.3, 0.4) is 0 Å². The van der Waals surface area contributed by atoms with Crippen LogP contribution in [0.15, 0.2) is 33.6 Å². The molecule has 2 atom stereocenters. The van der Waals surface area contributed by atoms with Crippen LogP contribution in [-0.2, 0) is 10.0 Å². The lowest BCUT2D eigenvalue weighted by atomic mass is 10.2. The van der Waals surface area contributed by atoms with Gasteiger partial charge in [0.2, 0.25) is 0 Å². The number of carbonyl (C=O) groups excluding carboxylic acids is 1. The lowest BCUT2D eigenvalue weighted by Crippen LogP contribution is -2.54. The summed E-state index contributed by atoms with van der Waals surface area (Å²) in [6.07, 6.45) is 0.864. The summed E-state index contributed by atoms with van der Waals surface area (Å²) in [5.41, 5.74) is 0. The molecule has 0 spiro atoms. The average Bonchev–Trinajstić information content (AvgIpc) is 3.33. The number of carbonyl (C=O) groups is 1. The zero-order chi connectivity index (χ0) is 22.6. The predicted molar refractivity (Wildman–Crippen MR) is 130 cm³/mol. The third kappa shape index (κ3) is 3.92. The highest BCUT2D eigenvalue weighted by atomic mass is 35.5. The van der Waals surface area contributed by atoms with Crippen molar-refractivity contribution in [2.75, 3.05) is 39.8 Å².